The number of aromatic amines is 1. The first-order chi connectivity index (χ1) is 8.04. The quantitative estimate of drug-likeness (QED) is 0.591. The van der Waals surface area contributed by atoms with E-state index in [2.05, 4.69) is 21.7 Å². The standard InChI is InChI=1S/C8H10N4O5/c1-2-3-17-8(16)9-6-10-11-7(15)12(6)4-5(13)14/h2H,1,3-4H2,(H,11,15)(H,13,14)(H,9,10,16). The Morgan fingerprint density at radius 2 is 2.35 bits per heavy atom. The summed E-state index contributed by atoms with van der Waals surface area (Å²) >= 11 is 0. The van der Waals surface area contributed by atoms with Crippen LogP contribution in [0.15, 0.2) is 17.4 Å². The van der Waals surface area contributed by atoms with Gasteiger partial charge in [0.25, 0.3) is 0 Å². The van der Waals surface area contributed by atoms with E-state index < -0.39 is 24.3 Å². The molecule has 0 bridgehead atoms. The van der Waals surface area contributed by atoms with Crippen molar-refractivity contribution in [1.82, 2.24) is 14.8 Å². The van der Waals surface area contributed by atoms with Gasteiger partial charge in [0.1, 0.15) is 13.2 Å². The molecule has 0 saturated carbocycles. The third-order valence-electron chi connectivity index (χ3n) is 1.60. The van der Waals surface area contributed by atoms with Gasteiger partial charge in [-0.1, -0.05) is 12.7 Å². The second-order valence-corrected chi connectivity index (χ2v) is 2.84. The van der Waals surface area contributed by atoms with Crippen LogP contribution in [0, 0.1) is 0 Å². The van der Waals surface area contributed by atoms with Crippen LogP contribution < -0.4 is 11.0 Å². The summed E-state index contributed by atoms with van der Waals surface area (Å²) in [7, 11) is 0. The fourth-order valence-electron chi connectivity index (χ4n) is 0.957. The second-order valence-electron chi connectivity index (χ2n) is 2.84. The molecule has 0 aromatic carbocycles. The highest BCUT2D eigenvalue weighted by atomic mass is 16.5. The Labute approximate surface area is 94.7 Å². The zero-order chi connectivity index (χ0) is 12.8. The molecule has 1 aromatic rings. The molecule has 0 aliphatic heterocycles. The second kappa shape index (κ2) is 5.49. The van der Waals surface area contributed by atoms with Crippen LogP contribution in [-0.4, -0.2) is 38.5 Å². The molecule has 0 aliphatic rings. The first kappa shape index (κ1) is 12.5. The summed E-state index contributed by atoms with van der Waals surface area (Å²) in [4.78, 5) is 32.7. The highest BCUT2D eigenvalue weighted by Gasteiger charge is 2.14. The fraction of sp³-hybridized carbons (Fsp3) is 0.250. The van der Waals surface area contributed by atoms with Gasteiger partial charge in [-0.3, -0.25) is 10.1 Å². The van der Waals surface area contributed by atoms with E-state index in [0.29, 0.717) is 0 Å². The molecule has 17 heavy (non-hydrogen) atoms. The van der Waals surface area contributed by atoms with Crippen molar-refractivity contribution in [3.63, 3.8) is 0 Å². The molecule has 1 amide bonds. The molecule has 0 fully saturated rings. The van der Waals surface area contributed by atoms with Crippen molar-refractivity contribution in [3.05, 3.63) is 23.1 Å². The van der Waals surface area contributed by atoms with Gasteiger partial charge in [0, 0.05) is 0 Å². The number of nitrogens with one attached hydrogen (secondary N) is 2. The van der Waals surface area contributed by atoms with Gasteiger partial charge in [-0.25, -0.2) is 19.3 Å². The van der Waals surface area contributed by atoms with Gasteiger partial charge >= 0.3 is 17.8 Å². The summed E-state index contributed by atoms with van der Waals surface area (Å²) < 4.78 is 5.33. The number of anilines is 1. The molecule has 0 saturated heterocycles. The zero-order valence-corrected chi connectivity index (χ0v) is 8.67. The summed E-state index contributed by atoms with van der Waals surface area (Å²) in [6, 6.07) is 0. The molecule has 3 N–H and O–H groups in total. The van der Waals surface area contributed by atoms with Crippen molar-refractivity contribution in [2.75, 3.05) is 11.9 Å². The van der Waals surface area contributed by atoms with E-state index in [9.17, 15) is 14.4 Å². The molecule has 0 unspecified atom stereocenters. The first-order valence-electron chi connectivity index (χ1n) is 4.46. The number of aromatic nitrogens is 3. The van der Waals surface area contributed by atoms with Crippen LogP contribution >= 0.6 is 0 Å². The first-order valence-corrected chi connectivity index (χ1v) is 4.46. The number of rotatable bonds is 5. The molecule has 92 valence electrons. The Balaban J connectivity index is 2.77. The third-order valence-corrected chi connectivity index (χ3v) is 1.60. The number of H-pyrrole nitrogens is 1. The maximum Gasteiger partial charge on any atom is 0.414 e. The molecular formula is C8H10N4O5. The Bertz CT molecular complexity index is 488. The van der Waals surface area contributed by atoms with Crippen molar-refractivity contribution in [3.8, 4) is 0 Å². The molecular weight excluding hydrogens is 232 g/mol. The number of carbonyl (C=O) groups is 2. The van der Waals surface area contributed by atoms with Crippen LogP contribution in [0.4, 0.5) is 10.7 Å². The van der Waals surface area contributed by atoms with E-state index in [1.54, 1.807) is 0 Å². The minimum atomic E-state index is -1.24. The van der Waals surface area contributed by atoms with Crippen molar-refractivity contribution >= 4 is 18.0 Å². The molecule has 9 heteroatoms. The van der Waals surface area contributed by atoms with Crippen LogP contribution in [0.5, 0.6) is 0 Å². The van der Waals surface area contributed by atoms with Gasteiger partial charge in [-0.2, -0.15) is 0 Å². The topological polar surface area (TPSA) is 126 Å². The monoisotopic (exact) mass is 242 g/mol. The lowest BCUT2D eigenvalue weighted by molar-refractivity contribution is -0.137. The normalized spacial score (nSPS) is 9.65. The average Bonchev–Trinajstić information content (AvgIpc) is 2.58. The van der Waals surface area contributed by atoms with E-state index in [0.717, 1.165) is 4.57 Å². The molecule has 0 spiro atoms. The summed E-state index contributed by atoms with van der Waals surface area (Å²) in [6.45, 7) is 2.71. The largest absolute Gasteiger partial charge is 0.480 e. The van der Waals surface area contributed by atoms with Crippen LogP contribution in [0.3, 0.4) is 0 Å². The average molecular weight is 242 g/mol. The van der Waals surface area contributed by atoms with Crippen LogP contribution in [-0.2, 0) is 16.1 Å². The molecule has 1 heterocycles. The molecule has 1 rings (SSSR count). The lowest BCUT2D eigenvalue weighted by Crippen LogP contribution is -2.25. The van der Waals surface area contributed by atoms with Crippen molar-refractivity contribution in [1.29, 1.82) is 0 Å². The minimum Gasteiger partial charge on any atom is -0.480 e. The highest BCUT2D eigenvalue weighted by molar-refractivity contribution is 5.82. The fourth-order valence-corrected chi connectivity index (χ4v) is 0.957. The Hall–Kier alpha value is -2.58. The third kappa shape index (κ3) is 3.48. The molecule has 9 nitrogen and oxygen atoms in total. The van der Waals surface area contributed by atoms with Gasteiger partial charge < -0.3 is 9.84 Å². The highest BCUT2D eigenvalue weighted by Crippen LogP contribution is 1.99. The number of hydrogen-bond donors (Lipinski definition) is 3. The maximum atomic E-state index is 11.1. The van der Waals surface area contributed by atoms with E-state index in [1.807, 2.05) is 5.10 Å². The van der Waals surface area contributed by atoms with Crippen LogP contribution in [0.2, 0.25) is 0 Å². The number of hydrogen-bond acceptors (Lipinski definition) is 5. The van der Waals surface area contributed by atoms with Gasteiger partial charge in [0.15, 0.2) is 0 Å². The molecule has 1 aromatic heterocycles. The van der Waals surface area contributed by atoms with Gasteiger partial charge in [-0.05, 0) is 0 Å². The zero-order valence-electron chi connectivity index (χ0n) is 8.67. The van der Waals surface area contributed by atoms with Crippen molar-refractivity contribution < 1.29 is 19.4 Å². The summed E-state index contributed by atoms with van der Waals surface area (Å²) in [5.74, 6) is -1.47. The number of carboxylic acid groups (broad SMARTS) is 1. The Morgan fingerprint density at radius 3 is 2.94 bits per heavy atom. The van der Waals surface area contributed by atoms with Gasteiger partial charge in [0.2, 0.25) is 5.95 Å². The summed E-state index contributed by atoms with van der Waals surface area (Å²) in [6.07, 6.45) is 0.490. The van der Waals surface area contributed by atoms with Crippen LogP contribution in [0.25, 0.3) is 0 Å². The Kier molecular flexibility index (Phi) is 4.03. The van der Waals surface area contributed by atoms with E-state index in [1.165, 1.54) is 6.08 Å². The summed E-state index contributed by atoms with van der Waals surface area (Å²) in [5.41, 5.74) is -0.744. The number of nitrogens with zero attached hydrogens (tertiary/aromatic N) is 2. The van der Waals surface area contributed by atoms with Crippen LogP contribution in [0.1, 0.15) is 0 Å². The maximum absolute atomic E-state index is 11.1. The minimum absolute atomic E-state index is 0.0145. The lowest BCUT2D eigenvalue weighted by atomic mass is 10.6. The molecule has 0 atom stereocenters. The predicted molar refractivity (Wildman–Crippen MR) is 55.7 cm³/mol. The van der Waals surface area contributed by atoms with Crippen molar-refractivity contribution in [2.45, 2.75) is 6.54 Å². The van der Waals surface area contributed by atoms with E-state index >= 15 is 0 Å². The number of carboxylic acids is 1. The van der Waals surface area contributed by atoms with E-state index in [-0.39, 0.29) is 12.6 Å². The molecule has 0 aliphatic carbocycles. The lowest BCUT2D eigenvalue weighted by Gasteiger charge is -2.04. The predicted octanol–water partition coefficient (Wildman–Crippen LogP) is -0.610. The van der Waals surface area contributed by atoms with Crippen molar-refractivity contribution in [2.24, 2.45) is 0 Å². The Morgan fingerprint density at radius 1 is 1.65 bits per heavy atom. The summed E-state index contributed by atoms with van der Waals surface area (Å²) in [5, 5.41) is 16.1. The number of ether oxygens (including phenoxy) is 1. The van der Waals surface area contributed by atoms with Gasteiger partial charge in [-0.15, -0.1) is 5.10 Å². The number of amides is 1. The van der Waals surface area contributed by atoms with Gasteiger partial charge in [0.05, 0.1) is 0 Å². The van der Waals surface area contributed by atoms with E-state index in [4.69, 9.17) is 5.11 Å². The number of aliphatic carboxylic acids is 1. The number of carbonyl (C=O) groups excluding carboxylic acids is 1. The smallest absolute Gasteiger partial charge is 0.414 e. The SMILES string of the molecule is C=CCOC(=O)Nc1n[nH]c(=O)n1CC(=O)O. The molecule has 0 radical (unpaired) electrons.